The predicted molar refractivity (Wildman–Crippen MR) is 51.9 cm³/mol. The minimum atomic E-state index is 0.592. The van der Waals surface area contributed by atoms with Gasteiger partial charge in [-0.3, -0.25) is 0 Å². The lowest BCUT2D eigenvalue weighted by molar-refractivity contribution is 0.430. The highest BCUT2D eigenvalue weighted by Crippen LogP contribution is 2.20. The van der Waals surface area contributed by atoms with Gasteiger partial charge in [0.15, 0.2) is 0 Å². The number of benzene rings is 1. The maximum Gasteiger partial charge on any atom is 0.237 e. The number of nitrogens with zero attached hydrogens (tertiary/aromatic N) is 3. The lowest BCUT2D eigenvalue weighted by Crippen LogP contribution is -1.95. The molecule has 0 saturated heterocycles. The number of rotatable bonds is 2. The van der Waals surface area contributed by atoms with Crippen LogP contribution in [0, 0.1) is 0 Å². The first-order chi connectivity index (χ1) is 6.75. The second-order valence-electron chi connectivity index (χ2n) is 2.87. The summed E-state index contributed by atoms with van der Waals surface area (Å²) in [5.74, 6) is 1.30. The predicted octanol–water partition coefficient (Wildman–Crippen LogP) is 1.19. The highest BCUT2D eigenvalue weighted by Gasteiger charge is 2.01. The highest BCUT2D eigenvalue weighted by molar-refractivity contribution is 5.42. The fourth-order valence-electron chi connectivity index (χ4n) is 1.03. The molecule has 0 unspecified atom stereocenters. The van der Waals surface area contributed by atoms with Crippen molar-refractivity contribution in [2.45, 2.75) is 0 Å². The van der Waals surface area contributed by atoms with Gasteiger partial charge in [0.25, 0.3) is 0 Å². The van der Waals surface area contributed by atoms with Crippen molar-refractivity contribution in [3.8, 4) is 11.6 Å². The summed E-state index contributed by atoms with van der Waals surface area (Å²) in [7, 11) is 1.76. The molecule has 72 valence electrons. The zero-order valence-corrected chi connectivity index (χ0v) is 7.71. The molecule has 14 heavy (non-hydrogen) atoms. The number of nitrogens with two attached hydrogens (primary N) is 1. The maximum atomic E-state index is 5.54. The van der Waals surface area contributed by atoms with Crippen molar-refractivity contribution in [1.82, 2.24) is 15.0 Å². The van der Waals surface area contributed by atoms with Crippen LogP contribution in [-0.4, -0.2) is 15.0 Å². The second-order valence-corrected chi connectivity index (χ2v) is 2.87. The Kier molecular flexibility index (Phi) is 2.06. The van der Waals surface area contributed by atoms with Crippen molar-refractivity contribution in [3.63, 3.8) is 0 Å². The van der Waals surface area contributed by atoms with E-state index < -0.39 is 0 Å². The van der Waals surface area contributed by atoms with E-state index in [9.17, 15) is 0 Å². The third kappa shape index (κ3) is 1.66. The molecule has 2 N–H and O–H groups in total. The van der Waals surface area contributed by atoms with Gasteiger partial charge >= 0.3 is 0 Å². The Morgan fingerprint density at radius 3 is 2.57 bits per heavy atom. The molecule has 5 heteroatoms. The van der Waals surface area contributed by atoms with E-state index in [0.29, 0.717) is 17.3 Å². The molecule has 1 aromatic carbocycles. The Bertz CT molecular complexity index is 421. The summed E-state index contributed by atoms with van der Waals surface area (Å²) >= 11 is 0. The largest absolute Gasteiger partial charge is 0.438 e. The molecule has 2 rings (SSSR count). The van der Waals surface area contributed by atoms with Crippen LogP contribution < -0.4 is 10.5 Å². The normalized spacial score (nSPS) is 10.1. The van der Waals surface area contributed by atoms with Crippen molar-refractivity contribution in [2.24, 2.45) is 7.05 Å². The van der Waals surface area contributed by atoms with Crippen molar-refractivity contribution in [2.75, 3.05) is 5.73 Å². The Morgan fingerprint density at radius 1 is 1.29 bits per heavy atom. The van der Waals surface area contributed by atoms with Crippen LogP contribution in [0.4, 0.5) is 5.69 Å². The summed E-state index contributed by atoms with van der Waals surface area (Å²) in [6.45, 7) is 0. The van der Waals surface area contributed by atoms with Crippen LogP contribution in [0.2, 0.25) is 0 Å². The molecular formula is C9H10N4O. The van der Waals surface area contributed by atoms with E-state index in [1.54, 1.807) is 42.2 Å². The molecule has 0 fully saturated rings. The average Bonchev–Trinajstić information content (AvgIpc) is 2.56. The molecule has 0 atom stereocenters. The van der Waals surface area contributed by atoms with Crippen LogP contribution in [0.5, 0.6) is 11.6 Å². The first-order valence-electron chi connectivity index (χ1n) is 4.14. The molecule has 1 aromatic heterocycles. The first-order valence-corrected chi connectivity index (χ1v) is 4.14. The smallest absolute Gasteiger partial charge is 0.237 e. The monoisotopic (exact) mass is 190 g/mol. The summed E-state index contributed by atoms with van der Waals surface area (Å²) in [5.41, 5.74) is 6.25. The topological polar surface area (TPSA) is 66.0 Å². The van der Waals surface area contributed by atoms with E-state index in [1.807, 2.05) is 0 Å². The summed E-state index contributed by atoms with van der Waals surface area (Å²) in [4.78, 5) is 0. The number of aryl methyl sites for hydroxylation is 1. The molecule has 5 nitrogen and oxygen atoms in total. The Hall–Kier alpha value is -2.04. The number of ether oxygens (including phenoxy) is 1. The minimum absolute atomic E-state index is 0.592. The van der Waals surface area contributed by atoms with E-state index in [2.05, 4.69) is 10.3 Å². The minimum Gasteiger partial charge on any atom is -0.438 e. The standard InChI is InChI=1S/C9H10N4O/c1-13-9(6-11-12-13)14-8-4-2-7(10)3-5-8/h2-6H,10H2,1H3. The lowest BCUT2D eigenvalue weighted by atomic mass is 10.3. The molecule has 0 aliphatic heterocycles. The molecular weight excluding hydrogens is 180 g/mol. The molecule has 2 aromatic rings. The molecule has 0 aliphatic rings. The maximum absolute atomic E-state index is 5.54. The zero-order valence-electron chi connectivity index (χ0n) is 7.71. The van der Waals surface area contributed by atoms with Crippen LogP contribution in [0.1, 0.15) is 0 Å². The van der Waals surface area contributed by atoms with E-state index in [4.69, 9.17) is 10.5 Å². The van der Waals surface area contributed by atoms with Gasteiger partial charge in [-0.05, 0) is 24.3 Å². The van der Waals surface area contributed by atoms with Gasteiger partial charge < -0.3 is 10.5 Å². The molecule has 0 bridgehead atoms. The number of hydrogen-bond acceptors (Lipinski definition) is 4. The van der Waals surface area contributed by atoms with E-state index in [1.165, 1.54) is 0 Å². The number of aromatic nitrogens is 3. The molecule has 1 heterocycles. The third-order valence-corrected chi connectivity index (χ3v) is 1.78. The SMILES string of the molecule is Cn1nncc1Oc1ccc(N)cc1. The summed E-state index contributed by atoms with van der Waals surface area (Å²) in [6.07, 6.45) is 1.55. The zero-order chi connectivity index (χ0) is 9.97. The van der Waals surface area contributed by atoms with Crippen LogP contribution in [0.25, 0.3) is 0 Å². The summed E-state index contributed by atoms with van der Waals surface area (Å²) < 4.78 is 7.04. The molecule has 0 saturated carbocycles. The molecule has 0 aliphatic carbocycles. The van der Waals surface area contributed by atoms with Crippen molar-refractivity contribution in [1.29, 1.82) is 0 Å². The molecule has 0 amide bonds. The fraction of sp³-hybridized carbons (Fsp3) is 0.111. The third-order valence-electron chi connectivity index (χ3n) is 1.78. The Labute approximate surface area is 81.1 Å². The van der Waals surface area contributed by atoms with Crippen molar-refractivity contribution in [3.05, 3.63) is 30.5 Å². The van der Waals surface area contributed by atoms with Crippen LogP contribution in [0.15, 0.2) is 30.5 Å². The van der Waals surface area contributed by atoms with Gasteiger partial charge in [0.2, 0.25) is 5.88 Å². The Balaban J connectivity index is 2.19. The summed E-state index contributed by atoms with van der Waals surface area (Å²) in [5, 5.41) is 7.45. The van der Waals surface area contributed by atoms with Crippen LogP contribution in [-0.2, 0) is 7.05 Å². The molecule has 0 radical (unpaired) electrons. The Morgan fingerprint density at radius 2 is 2.00 bits per heavy atom. The van der Waals surface area contributed by atoms with Crippen molar-refractivity contribution >= 4 is 5.69 Å². The van der Waals surface area contributed by atoms with E-state index in [0.717, 1.165) is 0 Å². The number of hydrogen-bond donors (Lipinski definition) is 1. The van der Waals surface area contributed by atoms with E-state index >= 15 is 0 Å². The van der Waals surface area contributed by atoms with Gasteiger partial charge in [-0.2, -0.15) is 0 Å². The lowest BCUT2D eigenvalue weighted by Gasteiger charge is -2.03. The van der Waals surface area contributed by atoms with E-state index in [-0.39, 0.29) is 0 Å². The van der Waals surface area contributed by atoms with Crippen LogP contribution in [0.3, 0.4) is 0 Å². The quantitative estimate of drug-likeness (QED) is 0.722. The van der Waals surface area contributed by atoms with Gasteiger partial charge in [-0.25, -0.2) is 4.68 Å². The second kappa shape index (κ2) is 3.37. The molecule has 0 spiro atoms. The van der Waals surface area contributed by atoms with Gasteiger partial charge in [0, 0.05) is 12.7 Å². The van der Waals surface area contributed by atoms with Crippen molar-refractivity contribution < 1.29 is 4.74 Å². The summed E-state index contributed by atoms with van der Waals surface area (Å²) in [6, 6.07) is 7.14. The van der Waals surface area contributed by atoms with Gasteiger partial charge in [0.1, 0.15) is 11.9 Å². The number of anilines is 1. The highest BCUT2D eigenvalue weighted by atomic mass is 16.5. The van der Waals surface area contributed by atoms with Gasteiger partial charge in [-0.1, -0.05) is 5.21 Å². The number of nitrogen functional groups attached to an aromatic ring is 1. The fourth-order valence-corrected chi connectivity index (χ4v) is 1.03. The van der Waals surface area contributed by atoms with Gasteiger partial charge in [-0.15, -0.1) is 5.10 Å². The average molecular weight is 190 g/mol. The van der Waals surface area contributed by atoms with Crippen LogP contribution >= 0.6 is 0 Å². The van der Waals surface area contributed by atoms with Gasteiger partial charge in [0.05, 0.1) is 0 Å². The first kappa shape index (κ1) is 8.55.